The lowest BCUT2D eigenvalue weighted by Gasteiger charge is -2.05. The smallest absolute Gasteiger partial charge is 0.243 e. The summed E-state index contributed by atoms with van der Waals surface area (Å²) in [5.74, 6) is -0.504. The maximum Gasteiger partial charge on any atom is 0.243 e. The topological polar surface area (TPSA) is 93.5 Å². The monoisotopic (exact) mass is 229 g/mol. The number of ether oxygens (including phenoxy) is 1. The summed E-state index contributed by atoms with van der Waals surface area (Å²) in [5, 5.41) is 5.95. The standard InChI is InChI=1S/C10H19N3O3/c11-9(14)7-16-6-5-13-10(15)3-4-12-8-1-2-8/h8,12H,1-7H2,(H2,11,14)(H,13,15). The van der Waals surface area contributed by atoms with Gasteiger partial charge in [-0.05, 0) is 12.8 Å². The highest BCUT2D eigenvalue weighted by molar-refractivity contribution is 5.76. The van der Waals surface area contributed by atoms with Crippen LogP contribution in [0.4, 0.5) is 0 Å². The van der Waals surface area contributed by atoms with Gasteiger partial charge < -0.3 is 21.1 Å². The molecule has 0 radical (unpaired) electrons. The third-order valence-electron chi connectivity index (χ3n) is 2.18. The predicted octanol–water partition coefficient (Wildman–Crippen LogP) is -1.25. The third-order valence-corrected chi connectivity index (χ3v) is 2.18. The normalized spacial score (nSPS) is 14.8. The molecule has 0 aromatic rings. The Kier molecular flexibility index (Phi) is 5.81. The SMILES string of the molecule is NC(=O)COCCNC(=O)CCNC1CC1. The van der Waals surface area contributed by atoms with Crippen molar-refractivity contribution in [3.05, 3.63) is 0 Å². The summed E-state index contributed by atoms with van der Waals surface area (Å²) < 4.78 is 4.89. The summed E-state index contributed by atoms with van der Waals surface area (Å²) in [6, 6.07) is 0.631. The second-order valence-electron chi connectivity index (χ2n) is 3.85. The molecule has 6 nitrogen and oxygen atoms in total. The van der Waals surface area contributed by atoms with Crippen LogP contribution in [0.2, 0.25) is 0 Å². The maximum atomic E-state index is 11.2. The van der Waals surface area contributed by atoms with E-state index in [0.717, 1.165) is 6.54 Å². The van der Waals surface area contributed by atoms with Crippen LogP contribution in [0.1, 0.15) is 19.3 Å². The van der Waals surface area contributed by atoms with Crippen molar-refractivity contribution in [3.63, 3.8) is 0 Å². The molecule has 0 saturated heterocycles. The predicted molar refractivity (Wildman–Crippen MR) is 58.7 cm³/mol. The first-order valence-corrected chi connectivity index (χ1v) is 5.54. The molecule has 1 fully saturated rings. The Balaban J connectivity index is 1.83. The molecule has 0 atom stereocenters. The van der Waals surface area contributed by atoms with Gasteiger partial charge in [0.05, 0.1) is 6.61 Å². The number of nitrogens with two attached hydrogens (primary N) is 1. The van der Waals surface area contributed by atoms with Crippen LogP contribution in [0.5, 0.6) is 0 Å². The van der Waals surface area contributed by atoms with E-state index in [0.29, 0.717) is 25.6 Å². The van der Waals surface area contributed by atoms with Gasteiger partial charge in [0.25, 0.3) is 0 Å². The van der Waals surface area contributed by atoms with Crippen molar-refractivity contribution in [1.29, 1.82) is 0 Å². The highest BCUT2D eigenvalue weighted by Gasteiger charge is 2.19. The van der Waals surface area contributed by atoms with E-state index >= 15 is 0 Å². The zero-order valence-electron chi connectivity index (χ0n) is 9.33. The lowest BCUT2D eigenvalue weighted by Crippen LogP contribution is -2.31. The minimum atomic E-state index is -0.500. The van der Waals surface area contributed by atoms with Crippen molar-refractivity contribution >= 4 is 11.8 Å². The van der Waals surface area contributed by atoms with Gasteiger partial charge in [-0.1, -0.05) is 0 Å². The van der Waals surface area contributed by atoms with Crippen LogP contribution in [-0.2, 0) is 14.3 Å². The molecular weight excluding hydrogens is 210 g/mol. The van der Waals surface area contributed by atoms with Crippen LogP contribution in [0, 0.1) is 0 Å². The number of amides is 2. The minimum absolute atomic E-state index is 0.00387. The molecule has 4 N–H and O–H groups in total. The Morgan fingerprint density at radius 3 is 2.69 bits per heavy atom. The van der Waals surface area contributed by atoms with Crippen LogP contribution >= 0.6 is 0 Å². The summed E-state index contributed by atoms with van der Waals surface area (Å²) in [7, 11) is 0. The first kappa shape index (κ1) is 12.9. The fourth-order valence-electron chi connectivity index (χ4n) is 1.20. The van der Waals surface area contributed by atoms with E-state index in [1.807, 2.05) is 0 Å². The van der Waals surface area contributed by atoms with Crippen molar-refractivity contribution < 1.29 is 14.3 Å². The molecular formula is C10H19N3O3. The second kappa shape index (κ2) is 7.19. The molecule has 0 aromatic heterocycles. The van der Waals surface area contributed by atoms with E-state index in [2.05, 4.69) is 10.6 Å². The van der Waals surface area contributed by atoms with Crippen LogP contribution in [0.3, 0.4) is 0 Å². The van der Waals surface area contributed by atoms with Crippen LogP contribution in [0.25, 0.3) is 0 Å². The molecule has 1 aliphatic rings. The molecule has 2 amide bonds. The zero-order valence-corrected chi connectivity index (χ0v) is 9.33. The van der Waals surface area contributed by atoms with Gasteiger partial charge in [0.15, 0.2) is 0 Å². The van der Waals surface area contributed by atoms with Crippen molar-refractivity contribution in [2.24, 2.45) is 5.73 Å². The summed E-state index contributed by atoms with van der Waals surface area (Å²) in [6.45, 7) is 1.35. The van der Waals surface area contributed by atoms with Gasteiger partial charge in [-0.15, -0.1) is 0 Å². The van der Waals surface area contributed by atoms with Crippen molar-refractivity contribution in [1.82, 2.24) is 10.6 Å². The molecule has 0 aliphatic heterocycles. The van der Waals surface area contributed by atoms with Gasteiger partial charge in [0, 0.05) is 25.6 Å². The highest BCUT2D eigenvalue weighted by atomic mass is 16.5. The van der Waals surface area contributed by atoms with Crippen molar-refractivity contribution in [2.45, 2.75) is 25.3 Å². The Bertz CT molecular complexity index is 241. The summed E-state index contributed by atoms with van der Waals surface area (Å²) in [6.07, 6.45) is 2.93. The Labute approximate surface area is 94.9 Å². The van der Waals surface area contributed by atoms with Crippen molar-refractivity contribution in [2.75, 3.05) is 26.3 Å². The zero-order chi connectivity index (χ0) is 11.8. The molecule has 0 heterocycles. The van der Waals surface area contributed by atoms with Gasteiger partial charge in [-0.3, -0.25) is 9.59 Å². The van der Waals surface area contributed by atoms with E-state index in [1.165, 1.54) is 12.8 Å². The van der Waals surface area contributed by atoms with Gasteiger partial charge in [-0.2, -0.15) is 0 Å². The quantitative estimate of drug-likeness (QED) is 0.430. The minimum Gasteiger partial charge on any atom is -0.370 e. The fourth-order valence-corrected chi connectivity index (χ4v) is 1.20. The maximum absolute atomic E-state index is 11.2. The van der Waals surface area contributed by atoms with E-state index in [-0.39, 0.29) is 12.5 Å². The number of carbonyl (C=O) groups excluding carboxylic acids is 2. The molecule has 0 unspecified atom stereocenters. The van der Waals surface area contributed by atoms with Crippen LogP contribution < -0.4 is 16.4 Å². The lowest BCUT2D eigenvalue weighted by atomic mass is 10.4. The Morgan fingerprint density at radius 1 is 1.31 bits per heavy atom. The molecule has 1 aliphatic carbocycles. The van der Waals surface area contributed by atoms with Gasteiger partial charge in [0.2, 0.25) is 11.8 Å². The van der Waals surface area contributed by atoms with E-state index in [9.17, 15) is 9.59 Å². The number of carbonyl (C=O) groups is 2. The summed E-state index contributed by atoms with van der Waals surface area (Å²) >= 11 is 0. The van der Waals surface area contributed by atoms with Gasteiger partial charge in [-0.25, -0.2) is 0 Å². The number of rotatable bonds is 9. The number of primary amides is 1. The highest BCUT2D eigenvalue weighted by Crippen LogP contribution is 2.18. The molecule has 1 saturated carbocycles. The molecule has 92 valence electrons. The third kappa shape index (κ3) is 7.19. The average Bonchev–Trinajstić information content (AvgIpc) is 3.00. The lowest BCUT2D eigenvalue weighted by molar-refractivity contribution is -0.122. The van der Waals surface area contributed by atoms with E-state index in [4.69, 9.17) is 10.5 Å². The molecule has 0 bridgehead atoms. The fraction of sp³-hybridized carbons (Fsp3) is 0.800. The molecule has 0 spiro atoms. The number of hydrogen-bond acceptors (Lipinski definition) is 4. The summed E-state index contributed by atoms with van der Waals surface area (Å²) in [5.41, 5.74) is 4.87. The van der Waals surface area contributed by atoms with Gasteiger partial charge >= 0.3 is 0 Å². The Hall–Kier alpha value is -1.14. The van der Waals surface area contributed by atoms with Crippen LogP contribution in [0.15, 0.2) is 0 Å². The van der Waals surface area contributed by atoms with Crippen LogP contribution in [-0.4, -0.2) is 44.2 Å². The molecule has 16 heavy (non-hydrogen) atoms. The van der Waals surface area contributed by atoms with Gasteiger partial charge in [0.1, 0.15) is 6.61 Å². The largest absolute Gasteiger partial charge is 0.370 e. The van der Waals surface area contributed by atoms with E-state index in [1.54, 1.807) is 0 Å². The first-order chi connectivity index (χ1) is 7.68. The molecule has 1 rings (SSSR count). The summed E-state index contributed by atoms with van der Waals surface area (Å²) in [4.78, 5) is 21.6. The second-order valence-corrected chi connectivity index (χ2v) is 3.85. The Morgan fingerprint density at radius 2 is 2.06 bits per heavy atom. The number of nitrogens with one attached hydrogen (secondary N) is 2. The molecule has 0 aromatic carbocycles. The number of hydrogen-bond donors (Lipinski definition) is 3. The first-order valence-electron chi connectivity index (χ1n) is 5.54. The molecule has 6 heteroatoms. The average molecular weight is 229 g/mol. The van der Waals surface area contributed by atoms with Crippen molar-refractivity contribution in [3.8, 4) is 0 Å². The van der Waals surface area contributed by atoms with E-state index < -0.39 is 5.91 Å².